The number of carbonyl (C=O) groups excluding carboxylic acids is 1. The molecule has 1 heterocycles. The lowest BCUT2D eigenvalue weighted by Crippen LogP contribution is -2.46. The molecule has 2 aliphatic carbocycles. The van der Waals surface area contributed by atoms with Crippen LogP contribution in [-0.4, -0.2) is 34.7 Å². The summed E-state index contributed by atoms with van der Waals surface area (Å²) in [4.78, 5) is 41.9. The standard InChI is InChI=1S/C28H41N3O5/c1-5-35-24-14-21-23(15-25(24)36-6-2)30-28(34)31(27(21)33)16-19-10-12-20(13-11-19)26(32)29-22-9-7-8-17(3)18(22)4/h14-15,17-20,22H,5-13,16H2,1-4H3,(H,29,32)(H,30,34)/t17-,18+,19?,20?,22-/m1/s1. The first kappa shape index (κ1) is 26.3. The van der Waals surface area contributed by atoms with Gasteiger partial charge in [-0.05, 0) is 69.8 Å². The van der Waals surface area contributed by atoms with E-state index < -0.39 is 5.69 Å². The molecule has 198 valence electrons. The second-order valence-corrected chi connectivity index (χ2v) is 10.7. The van der Waals surface area contributed by atoms with Crippen molar-refractivity contribution >= 4 is 16.8 Å². The van der Waals surface area contributed by atoms with Crippen LogP contribution in [0, 0.1) is 23.7 Å². The summed E-state index contributed by atoms with van der Waals surface area (Å²) in [6, 6.07) is 3.60. The van der Waals surface area contributed by atoms with E-state index in [4.69, 9.17) is 9.47 Å². The first-order valence-corrected chi connectivity index (χ1v) is 13.7. The van der Waals surface area contributed by atoms with Crippen molar-refractivity contribution < 1.29 is 14.3 Å². The van der Waals surface area contributed by atoms with E-state index in [0.29, 0.717) is 54.0 Å². The van der Waals surface area contributed by atoms with Gasteiger partial charge in [0, 0.05) is 24.6 Å². The minimum atomic E-state index is -0.417. The van der Waals surface area contributed by atoms with Crippen LogP contribution < -0.4 is 26.0 Å². The lowest BCUT2D eigenvalue weighted by atomic mass is 9.77. The molecule has 2 aliphatic rings. The molecule has 0 radical (unpaired) electrons. The monoisotopic (exact) mass is 499 g/mol. The maximum atomic E-state index is 13.3. The molecule has 0 spiro atoms. The predicted molar refractivity (Wildman–Crippen MR) is 141 cm³/mol. The molecule has 0 bridgehead atoms. The van der Waals surface area contributed by atoms with Crippen molar-refractivity contribution in [1.29, 1.82) is 0 Å². The number of hydrogen-bond acceptors (Lipinski definition) is 5. The lowest BCUT2D eigenvalue weighted by Gasteiger charge is -2.36. The highest BCUT2D eigenvalue weighted by atomic mass is 16.5. The van der Waals surface area contributed by atoms with Gasteiger partial charge >= 0.3 is 5.69 Å². The van der Waals surface area contributed by atoms with Gasteiger partial charge in [-0.15, -0.1) is 0 Å². The molecule has 2 fully saturated rings. The molecule has 1 aromatic heterocycles. The number of ether oxygens (including phenoxy) is 2. The topological polar surface area (TPSA) is 102 Å². The fourth-order valence-electron chi connectivity index (χ4n) is 5.91. The fraction of sp³-hybridized carbons (Fsp3) is 0.679. The summed E-state index contributed by atoms with van der Waals surface area (Å²) < 4.78 is 12.6. The third kappa shape index (κ3) is 5.62. The van der Waals surface area contributed by atoms with E-state index in [2.05, 4.69) is 24.1 Å². The molecule has 3 atom stereocenters. The van der Waals surface area contributed by atoms with Crippen molar-refractivity contribution in [3.05, 3.63) is 33.0 Å². The zero-order valence-corrected chi connectivity index (χ0v) is 22.1. The number of benzene rings is 1. The molecule has 2 N–H and O–H groups in total. The van der Waals surface area contributed by atoms with E-state index in [0.717, 1.165) is 32.1 Å². The van der Waals surface area contributed by atoms with Crippen molar-refractivity contribution in [2.45, 2.75) is 85.2 Å². The first-order valence-electron chi connectivity index (χ1n) is 13.7. The fourth-order valence-corrected chi connectivity index (χ4v) is 5.91. The van der Waals surface area contributed by atoms with Gasteiger partial charge in [0.25, 0.3) is 5.56 Å². The summed E-state index contributed by atoms with van der Waals surface area (Å²) in [7, 11) is 0. The number of aromatic amines is 1. The van der Waals surface area contributed by atoms with Gasteiger partial charge in [0.2, 0.25) is 5.91 Å². The van der Waals surface area contributed by atoms with E-state index in [9.17, 15) is 14.4 Å². The Kier molecular flexibility index (Phi) is 8.42. The van der Waals surface area contributed by atoms with Crippen molar-refractivity contribution in [2.24, 2.45) is 23.7 Å². The van der Waals surface area contributed by atoms with Gasteiger partial charge in [-0.25, -0.2) is 4.79 Å². The average molecular weight is 500 g/mol. The summed E-state index contributed by atoms with van der Waals surface area (Å²) in [5.41, 5.74) is -0.294. The zero-order valence-electron chi connectivity index (χ0n) is 22.1. The van der Waals surface area contributed by atoms with Gasteiger partial charge in [-0.3, -0.25) is 14.2 Å². The number of fused-ring (bicyclic) bond motifs is 1. The number of H-pyrrole nitrogens is 1. The van der Waals surface area contributed by atoms with Crippen molar-refractivity contribution in [2.75, 3.05) is 13.2 Å². The third-order valence-corrected chi connectivity index (χ3v) is 8.34. The number of amides is 1. The molecular weight excluding hydrogens is 458 g/mol. The molecule has 8 heteroatoms. The molecule has 4 rings (SSSR count). The van der Waals surface area contributed by atoms with Crippen LogP contribution in [0.4, 0.5) is 0 Å². The Morgan fingerprint density at radius 2 is 1.67 bits per heavy atom. The SMILES string of the molecule is CCOc1cc2[nH]c(=O)n(CC3CCC(C(=O)N[C@@H]4CCC[C@@H](C)[C@@H]4C)CC3)c(=O)c2cc1OCC. The molecule has 8 nitrogen and oxygen atoms in total. The number of nitrogens with one attached hydrogen (secondary N) is 2. The van der Waals surface area contributed by atoms with Gasteiger partial charge in [0.15, 0.2) is 11.5 Å². The first-order chi connectivity index (χ1) is 17.3. The number of aromatic nitrogens is 2. The molecule has 36 heavy (non-hydrogen) atoms. The summed E-state index contributed by atoms with van der Waals surface area (Å²) >= 11 is 0. The van der Waals surface area contributed by atoms with Crippen LogP contribution in [0.2, 0.25) is 0 Å². The van der Waals surface area contributed by atoms with Gasteiger partial charge in [0.05, 0.1) is 24.1 Å². The minimum Gasteiger partial charge on any atom is -0.490 e. The second kappa shape index (κ2) is 11.5. The van der Waals surface area contributed by atoms with Crippen LogP contribution in [0.3, 0.4) is 0 Å². The summed E-state index contributed by atoms with van der Waals surface area (Å²) in [5, 5.41) is 3.74. The number of nitrogens with zero attached hydrogens (tertiary/aromatic N) is 1. The highest BCUT2D eigenvalue weighted by Crippen LogP contribution is 2.33. The van der Waals surface area contributed by atoms with E-state index in [1.54, 1.807) is 12.1 Å². The Morgan fingerprint density at radius 3 is 2.33 bits per heavy atom. The van der Waals surface area contributed by atoms with Crippen molar-refractivity contribution in [3.8, 4) is 11.5 Å². The smallest absolute Gasteiger partial charge is 0.328 e. The largest absolute Gasteiger partial charge is 0.490 e. The summed E-state index contributed by atoms with van der Waals surface area (Å²) in [6.07, 6.45) is 6.72. The molecule has 0 saturated heterocycles. The van der Waals surface area contributed by atoms with E-state index in [1.807, 2.05) is 13.8 Å². The molecular formula is C28H41N3O5. The molecule has 2 aromatic rings. The van der Waals surface area contributed by atoms with E-state index >= 15 is 0 Å². The lowest BCUT2D eigenvalue weighted by molar-refractivity contribution is -0.127. The quantitative estimate of drug-likeness (QED) is 0.566. The molecule has 1 amide bonds. The molecule has 1 aromatic carbocycles. The van der Waals surface area contributed by atoms with Crippen LogP contribution in [0.5, 0.6) is 11.5 Å². The van der Waals surface area contributed by atoms with Crippen molar-refractivity contribution in [3.63, 3.8) is 0 Å². The van der Waals surface area contributed by atoms with Crippen molar-refractivity contribution in [1.82, 2.24) is 14.9 Å². The Bertz CT molecular complexity index is 1180. The van der Waals surface area contributed by atoms with Gasteiger partial charge < -0.3 is 19.8 Å². The van der Waals surface area contributed by atoms with Crippen LogP contribution in [0.15, 0.2) is 21.7 Å². The highest BCUT2D eigenvalue weighted by molar-refractivity contribution is 5.81. The summed E-state index contributed by atoms with van der Waals surface area (Å²) in [5.74, 6) is 2.54. The Labute approximate surface area is 212 Å². The Hall–Kier alpha value is -2.77. The average Bonchev–Trinajstić information content (AvgIpc) is 2.86. The molecule has 0 unspecified atom stereocenters. The second-order valence-electron chi connectivity index (χ2n) is 10.7. The van der Waals surface area contributed by atoms with Gasteiger partial charge in [-0.2, -0.15) is 0 Å². The van der Waals surface area contributed by atoms with Crippen LogP contribution in [0.1, 0.15) is 72.6 Å². The maximum absolute atomic E-state index is 13.3. The van der Waals surface area contributed by atoms with E-state index in [1.165, 1.54) is 17.4 Å². The number of hydrogen-bond donors (Lipinski definition) is 2. The van der Waals surface area contributed by atoms with Crippen LogP contribution in [-0.2, 0) is 11.3 Å². The van der Waals surface area contributed by atoms with Gasteiger partial charge in [0.1, 0.15) is 0 Å². The highest BCUT2D eigenvalue weighted by Gasteiger charge is 2.32. The minimum absolute atomic E-state index is 0.0167. The van der Waals surface area contributed by atoms with E-state index in [-0.39, 0.29) is 29.3 Å². The molecule has 2 saturated carbocycles. The Balaban J connectivity index is 1.43. The maximum Gasteiger partial charge on any atom is 0.328 e. The number of carbonyl (C=O) groups is 1. The Morgan fingerprint density at radius 1 is 1.00 bits per heavy atom. The van der Waals surface area contributed by atoms with Crippen LogP contribution >= 0.6 is 0 Å². The normalized spacial score (nSPS) is 26.5. The van der Waals surface area contributed by atoms with Gasteiger partial charge in [-0.1, -0.05) is 26.7 Å². The van der Waals surface area contributed by atoms with Crippen LogP contribution in [0.25, 0.3) is 10.9 Å². The predicted octanol–water partition coefficient (Wildman–Crippen LogP) is 4.23. The molecule has 0 aliphatic heterocycles. The zero-order chi connectivity index (χ0) is 25.8. The third-order valence-electron chi connectivity index (χ3n) is 8.34. The summed E-state index contributed by atoms with van der Waals surface area (Å²) in [6.45, 7) is 9.52. The number of rotatable bonds is 8.